The van der Waals surface area contributed by atoms with Crippen LogP contribution in [0.15, 0.2) is 30.2 Å². The summed E-state index contributed by atoms with van der Waals surface area (Å²) in [6.45, 7) is 3.56. The first-order valence-electron chi connectivity index (χ1n) is 2.12. The Kier molecular flexibility index (Phi) is 3.72. The summed E-state index contributed by atoms with van der Waals surface area (Å²) in [7, 11) is 0. The van der Waals surface area contributed by atoms with Crippen LogP contribution in [0, 0.1) is 0 Å². The molecule has 1 aliphatic rings. The molecule has 0 aromatic heterocycles. The van der Waals surface area contributed by atoms with Crippen molar-refractivity contribution in [3.8, 4) is 0 Å². The Balaban J connectivity index is 0.000000490. The third-order valence-electron chi connectivity index (χ3n) is 0.812. The Morgan fingerprint density at radius 3 is 2.62 bits per heavy atom. The van der Waals surface area contributed by atoms with Gasteiger partial charge < -0.3 is 0 Å². The van der Waals surface area contributed by atoms with Crippen LogP contribution < -0.4 is 28.9 Å². The molecule has 0 bridgehead atoms. The molecule has 1 unspecified atom stereocenters. The first-order chi connectivity index (χ1) is 3.43. The predicted molar refractivity (Wildman–Crippen MR) is 31.6 cm³/mol. The van der Waals surface area contributed by atoms with Crippen molar-refractivity contribution in [1.29, 1.82) is 0 Å². The molecule has 0 saturated heterocycles. The molecule has 1 aliphatic heterocycles. The summed E-state index contributed by atoms with van der Waals surface area (Å²) in [6.07, 6.45) is 7.20. The topological polar surface area (TPSA) is 16.8 Å². The van der Waals surface area contributed by atoms with Crippen LogP contribution in [0.4, 0.5) is 0 Å². The number of halogens is 1. The van der Waals surface area contributed by atoms with Gasteiger partial charge in [0.25, 0.3) is 0 Å². The van der Waals surface area contributed by atoms with Gasteiger partial charge in [-0.2, -0.15) is 0 Å². The van der Waals surface area contributed by atoms with Crippen LogP contribution >= 0.6 is 0 Å². The van der Waals surface area contributed by atoms with Gasteiger partial charge in [-0.05, 0) is 6.58 Å². The molecule has 0 amide bonds. The van der Waals surface area contributed by atoms with E-state index in [2.05, 4.69) is 11.6 Å². The Morgan fingerprint density at radius 1 is 1.62 bits per heavy atom. The van der Waals surface area contributed by atoms with E-state index < -0.39 is 0 Å². The molecule has 8 heavy (non-hydrogen) atoms. The summed E-state index contributed by atoms with van der Waals surface area (Å²) in [6, 6.07) is 0. The molecule has 1 heterocycles. The standard InChI is InChI=1S/C5H6N2.H2I/c1-2-7-4-3-6-5-7;/h2-5H,1H2;1H2/q;+1/p+1. The van der Waals surface area contributed by atoms with Crippen LogP contribution in [0.1, 0.15) is 0 Å². The van der Waals surface area contributed by atoms with Crippen molar-refractivity contribution in [2.45, 2.75) is 0 Å². The summed E-state index contributed by atoms with van der Waals surface area (Å²) < 4.78 is 0. The minimum Gasteiger partial charge on any atom is -0.239 e. The van der Waals surface area contributed by atoms with E-state index in [0.29, 0.717) is 0 Å². The molecule has 1 rings (SSSR count). The minimum absolute atomic E-state index is 0. The number of hydrogen-bond acceptors (Lipinski definition) is 1. The summed E-state index contributed by atoms with van der Waals surface area (Å²) in [5.74, 6) is 0. The minimum atomic E-state index is 0. The zero-order valence-corrected chi connectivity index (χ0v) is 6.96. The maximum atomic E-state index is 3.82. The van der Waals surface area contributed by atoms with E-state index in [-0.39, 0.29) is 24.0 Å². The summed E-state index contributed by atoms with van der Waals surface area (Å²) in [5.41, 5.74) is 0. The molecule has 44 valence electrons. The molecule has 0 fully saturated rings. The van der Waals surface area contributed by atoms with E-state index in [1.165, 1.54) is 0 Å². The second-order valence-corrected chi connectivity index (χ2v) is 1.30. The van der Waals surface area contributed by atoms with Gasteiger partial charge in [-0.1, -0.05) is 0 Å². The Labute approximate surface area is 65.6 Å². The van der Waals surface area contributed by atoms with Gasteiger partial charge in [-0.15, -0.1) is 0 Å². The van der Waals surface area contributed by atoms with E-state index in [1.807, 2.05) is 6.20 Å². The lowest BCUT2D eigenvalue weighted by atomic mass is 10.8. The Hall–Kier alpha value is -0.160. The number of quaternary nitrogens is 1. The van der Waals surface area contributed by atoms with Crippen LogP contribution in [0.3, 0.4) is 0 Å². The molecule has 0 radical (unpaired) electrons. The largest absolute Gasteiger partial charge is 0.239 e. The molecule has 0 aliphatic carbocycles. The zero-order valence-electron chi connectivity index (χ0n) is 4.41. The number of nitrogens with one attached hydrogen (secondary N) is 1. The molecular weight excluding hydrogens is 215 g/mol. The second kappa shape index (κ2) is 3.80. The van der Waals surface area contributed by atoms with Gasteiger partial charge in [0.2, 0.25) is 24.0 Å². The maximum absolute atomic E-state index is 3.82. The quantitative estimate of drug-likeness (QED) is 0.437. The number of aliphatic imine (C=N–C) groups is 1. The van der Waals surface area contributed by atoms with E-state index in [4.69, 9.17) is 0 Å². The molecule has 0 aromatic rings. The number of nitrogens with zero attached hydrogens (tertiary/aromatic N) is 1. The van der Waals surface area contributed by atoms with Crippen molar-refractivity contribution in [3.05, 3.63) is 25.2 Å². The summed E-state index contributed by atoms with van der Waals surface area (Å²) in [4.78, 5) is 4.91. The van der Waals surface area contributed by atoms with Gasteiger partial charge in [0.15, 0.2) is 6.34 Å². The van der Waals surface area contributed by atoms with Crippen molar-refractivity contribution in [3.63, 3.8) is 0 Å². The second-order valence-electron chi connectivity index (χ2n) is 1.30. The first kappa shape index (κ1) is 7.84. The fraction of sp³-hybridized carbons (Fsp3) is 0. The third-order valence-corrected chi connectivity index (χ3v) is 0.812. The van der Waals surface area contributed by atoms with Crippen LogP contribution in [-0.4, -0.2) is 6.34 Å². The highest BCUT2D eigenvalue weighted by molar-refractivity contribution is 5.47. The third kappa shape index (κ3) is 1.75. The Morgan fingerprint density at radius 2 is 2.38 bits per heavy atom. The fourth-order valence-electron chi connectivity index (χ4n) is 0.422. The van der Waals surface area contributed by atoms with Gasteiger partial charge in [0.05, 0.1) is 12.4 Å². The molecule has 1 atom stereocenters. The molecule has 1 N–H and O–H groups in total. The van der Waals surface area contributed by atoms with Gasteiger partial charge in [0, 0.05) is 0 Å². The summed E-state index contributed by atoms with van der Waals surface area (Å²) >= 11 is 0. The van der Waals surface area contributed by atoms with Crippen molar-refractivity contribution in [1.82, 2.24) is 0 Å². The molecule has 3 heteroatoms. The smallest absolute Gasteiger partial charge is 0.235 e. The van der Waals surface area contributed by atoms with Crippen LogP contribution in [0.2, 0.25) is 0 Å². The highest BCUT2D eigenvalue weighted by Crippen LogP contribution is 1.68. The van der Waals surface area contributed by atoms with Gasteiger partial charge in [-0.25, -0.2) is 9.89 Å². The molecule has 0 aromatic carbocycles. The normalized spacial score (nSPS) is 22.8. The number of rotatable bonds is 1. The van der Waals surface area contributed by atoms with E-state index >= 15 is 0 Å². The molecule has 0 saturated carbocycles. The van der Waals surface area contributed by atoms with Crippen molar-refractivity contribution < 1.29 is 28.9 Å². The predicted octanol–water partition coefficient (Wildman–Crippen LogP) is -4.00. The molecule has 0 spiro atoms. The highest BCUT2D eigenvalue weighted by atomic mass is 127. The van der Waals surface area contributed by atoms with Crippen LogP contribution in [0.5, 0.6) is 0 Å². The zero-order chi connectivity index (χ0) is 5.11. The summed E-state index contributed by atoms with van der Waals surface area (Å²) in [5, 5.41) is 0. The van der Waals surface area contributed by atoms with Gasteiger partial charge in [0.1, 0.15) is 6.20 Å². The van der Waals surface area contributed by atoms with Gasteiger partial charge >= 0.3 is 0 Å². The average molecular weight is 224 g/mol. The van der Waals surface area contributed by atoms with E-state index in [9.17, 15) is 0 Å². The first-order valence-corrected chi connectivity index (χ1v) is 2.12. The van der Waals surface area contributed by atoms with Crippen LogP contribution in [-0.2, 0) is 0 Å². The lowest BCUT2D eigenvalue weighted by Crippen LogP contribution is -3.00. The SMILES string of the molecule is C=C[NH+]1C=CN=C1.[IH2+]. The van der Waals surface area contributed by atoms with Crippen molar-refractivity contribution >= 4 is 6.34 Å². The lowest BCUT2D eigenvalue weighted by molar-refractivity contribution is -0.670. The molecule has 2 nitrogen and oxygen atoms in total. The monoisotopic (exact) mass is 224 g/mol. The number of hydrogen-bond donors (Lipinski definition) is 1. The van der Waals surface area contributed by atoms with Gasteiger partial charge in [-0.3, -0.25) is 0 Å². The van der Waals surface area contributed by atoms with Crippen molar-refractivity contribution in [2.24, 2.45) is 4.99 Å². The van der Waals surface area contributed by atoms with Crippen LogP contribution in [0.25, 0.3) is 0 Å². The fourth-order valence-corrected chi connectivity index (χ4v) is 0.422. The highest BCUT2D eigenvalue weighted by Gasteiger charge is 1.95. The Bertz CT molecular complexity index is 116. The average Bonchev–Trinajstić information content (AvgIpc) is 2.14. The van der Waals surface area contributed by atoms with E-state index in [1.54, 1.807) is 18.7 Å². The maximum Gasteiger partial charge on any atom is 0.235 e. The molecular formula is C5H9IN2+2. The van der Waals surface area contributed by atoms with E-state index in [0.717, 1.165) is 4.90 Å². The lowest BCUT2D eigenvalue weighted by Gasteiger charge is -1.89. The van der Waals surface area contributed by atoms with Crippen molar-refractivity contribution in [2.75, 3.05) is 0 Å².